The largest absolute Gasteiger partial charge is 0.416 e. The van der Waals surface area contributed by atoms with E-state index in [1.165, 1.54) is 12.1 Å². The van der Waals surface area contributed by atoms with E-state index in [4.69, 9.17) is 15.0 Å². The van der Waals surface area contributed by atoms with Gasteiger partial charge in [-0.3, -0.25) is 0 Å². The predicted molar refractivity (Wildman–Crippen MR) is 219 cm³/mol. The number of hydrogen-bond donors (Lipinski definition) is 0. The van der Waals surface area contributed by atoms with E-state index < -0.39 is 23.5 Å². The van der Waals surface area contributed by atoms with Gasteiger partial charge in [0.1, 0.15) is 0 Å². The Morgan fingerprint density at radius 1 is 0.397 bits per heavy atom. The number of thiophene rings is 1. The fraction of sp³-hybridized carbons (Fsp3) is 0.0426. The molecule has 0 radical (unpaired) electrons. The predicted octanol–water partition coefficient (Wildman–Crippen LogP) is 14.0. The van der Waals surface area contributed by atoms with E-state index in [2.05, 4.69) is 24.3 Å². The first-order valence-electron chi connectivity index (χ1n) is 18.2. The van der Waals surface area contributed by atoms with Gasteiger partial charge in [-0.05, 0) is 77.9 Å². The van der Waals surface area contributed by atoms with Crippen molar-refractivity contribution in [2.75, 3.05) is 0 Å². The fourth-order valence-corrected chi connectivity index (χ4v) is 8.65. The Balaban J connectivity index is 1.28. The fourth-order valence-electron chi connectivity index (χ4n) is 7.56. The first-order valence-corrected chi connectivity index (χ1v) is 19.0. The molecule has 0 N–H and O–H groups in total. The zero-order valence-electron chi connectivity index (χ0n) is 30.0. The average Bonchev–Trinajstić information content (AvgIpc) is 3.78. The van der Waals surface area contributed by atoms with Crippen LogP contribution in [0.3, 0.4) is 0 Å². The second-order valence-electron chi connectivity index (χ2n) is 13.9. The maximum atomic E-state index is 14.1. The van der Waals surface area contributed by atoms with Crippen LogP contribution in [-0.2, 0) is 12.4 Å². The Labute approximate surface area is 330 Å². The highest BCUT2D eigenvalue weighted by Gasteiger charge is 2.34. The lowest BCUT2D eigenvalue weighted by Gasteiger charge is -2.17. The average molecular weight is 793 g/mol. The van der Waals surface area contributed by atoms with Crippen LogP contribution in [0.15, 0.2) is 158 Å². The molecule has 58 heavy (non-hydrogen) atoms. The van der Waals surface area contributed by atoms with Gasteiger partial charge in [0.25, 0.3) is 0 Å². The van der Waals surface area contributed by atoms with Crippen LogP contribution in [-0.4, -0.2) is 19.5 Å². The molecule has 3 aromatic heterocycles. The quantitative estimate of drug-likeness (QED) is 0.163. The van der Waals surface area contributed by atoms with E-state index in [0.29, 0.717) is 22.9 Å². The van der Waals surface area contributed by atoms with Crippen LogP contribution in [0.5, 0.6) is 0 Å². The zero-order chi connectivity index (χ0) is 39.8. The molecule has 0 unspecified atom stereocenters. The van der Waals surface area contributed by atoms with Crippen molar-refractivity contribution in [3.63, 3.8) is 0 Å². The number of hydrogen-bond acceptors (Lipinski definition) is 4. The van der Waals surface area contributed by atoms with Crippen molar-refractivity contribution in [1.82, 2.24) is 19.5 Å². The molecule has 0 saturated heterocycles. The summed E-state index contributed by atoms with van der Waals surface area (Å²) >= 11 is 1.70. The summed E-state index contributed by atoms with van der Waals surface area (Å²) in [6, 6.07) is 45.2. The molecular formula is C47H26F6N4S. The lowest BCUT2D eigenvalue weighted by atomic mass is 9.99. The summed E-state index contributed by atoms with van der Waals surface area (Å²) in [7, 11) is 0. The first kappa shape index (κ1) is 35.6. The first-order chi connectivity index (χ1) is 28.0. The Kier molecular flexibility index (Phi) is 8.20. The third-order valence-electron chi connectivity index (χ3n) is 10.3. The topological polar surface area (TPSA) is 43.6 Å². The number of halogens is 6. The van der Waals surface area contributed by atoms with Crippen molar-refractivity contribution in [3.05, 3.63) is 169 Å². The summed E-state index contributed by atoms with van der Waals surface area (Å²) in [6.07, 6.45) is -9.45. The molecule has 0 fully saturated rings. The SMILES string of the molecule is FC(F)(F)c1ccc2c(c1)c1cc(C(F)(F)F)ccc1n2-c1ccc(-c2ccc3sc4ccccc4c3c2)cc1-c1nc(-c2ccccc2)nc(-c2ccccc2)n1. The summed E-state index contributed by atoms with van der Waals surface area (Å²) in [5, 5.41) is 2.25. The monoisotopic (exact) mass is 792 g/mol. The van der Waals surface area contributed by atoms with E-state index >= 15 is 0 Å². The molecule has 0 saturated carbocycles. The van der Waals surface area contributed by atoms with E-state index in [1.807, 2.05) is 97.1 Å². The molecular weight excluding hydrogens is 767 g/mol. The second kappa shape index (κ2) is 13.4. The molecule has 7 aromatic carbocycles. The number of fused-ring (bicyclic) bond motifs is 6. The lowest BCUT2D eigenvalue weighted by molar-refractivity contribution is -0.138. The zero-order valence-corrected chi connectivity index (χ0v) is 30.8. The van der Waals surface area contributed by atoms with E-state index in [0.717, 1.165) is 66.7 Å². The Morgan fingerprint density at radius 3 is 1.48 bits per heavy atom. The van der Waals surface area contributed by atoms with Gasteiger partial charge in [-0.25, -0.2) is 15.0 Å². The summed E-state index contributed by atoms with van der Waals surface area (Å²) in [6.45, 7) is 0. The number of alkyl halides is 6. The van der Waals surface area contributed by atoms with Crippen LogP contribution in [0.25, 0.3) is 93.0 Å². The lowest BCUT2D eigenvalue weighted by Crippen LogP contribution is -2.05. The van der Waals surface area contributed by atoms with Gasteiger partial charge in [0.05, 0.1) is 27.8 Å². The van der Waals surface area contributed by atoms with E-state index in [-0.39, 0.29) is 27.6 Å². The number of rotatable bonds is 5. The van der Waals surface area contributed by atoms with Crippen molar-refractivity contribution in [2.24, 2.45) is 0 Å². The summed E-state index contributed by atoms with van der Waals surface area (Å²) in [4.78, 5) is 14.9. The molecule has 4 nitrogen and oxygen atoms in total. The van der Waals surface area contributed by atoms with E-state index in [9.17, 15) is 26.3 Å². The number of nitrogens with zero attached hydrogens (tertiary/aromatic N) is 4. The molecule has 0 amide bonds. The Morgan fingerprint density at radius 2 is 0.897 bits per heavy atom. The standard InChI is InChI=1S/C47H26F6N4S/c48-46(49,50)31-17-20-38-34(25-31)35-26-32(47(51,52)53)18-21-39(35)57(38)40-19-15-29(30-16-22-42-36(23-30)33-13-7-8-14-41(33)58-42)24-37(40)45-55-43(27-9-3-1-4-10-27)54-44(56-45)28-11-5-2-6-12-28/h1-26H. The Hall–Kier alpha value is -6.85. The highest BCUT2D eigenvalue weighted by Crippen LogP contribution is 2.43. The molecule has 10 aromatic rings. The minimum Gasteiger partial charge on any atom is -0.309 e. The van der Waals surface area contributed by atoms with Crippen molar-refractivity contribution in [2.45, 2.75) is 12.4 Å². The highest BCUT2D eigenvalue weighted by molar-refractivity contribution is 7.25. The van der Waals surface area contributed by atoms with Gasteiger partial charge in [0.2, 0.25) is 0 Å². The normalized spacial score (nSPS) is 12.3. The summed E-state index contributed by atoms with van der Waals surface area (Å²) in [5.74, 6) is 1.04. The van der Waals surface area contributed by atoms with Crippen LogP contribution < -0.4 is 0 Å². The molecule has 282 valence electrons. The number of benzene rings is 7. The van der Waals surface area contributed by atoms with Crippen molar-refractivity contribution < 1.29 is 26.3 Å². The third kappa shape index (κ3) is 6.15. The maximum absolute atomic E-state index is 14.1. The molecule has 10 rings (SSSR count). The van der Waals surface area contributed by atoms with Gasteiger partial charge in [-0.15, -0.1) is 11.3 Å². The molecule has 0 aliphatic heterocycles. The van der Waals surface area contributed by atoms with E-state index in [1.54, 1.807) is 15.9 Å². The minimum atomic E-state index is -4.72. The number of aromatic nitrogens is 4. The molecule has 0 aliphatic carbocycles. The van der Waals surface area contributed by atoms with Crippen LogP contribution in [0, 0.1) is 0 Å². The molecule has 0 spiro atoms. The van der Waals surface area contributed by atoms with Crippen LogP contribution in [0.1, 0.15) is 11.1 Å². The maximum Gasteiger partial charge on any atom is 0.416 e. The molecule has 3 heterocycles. The molecule has 0 atom stereocenters. The molecule has 0 bridgehead atoms. The molecule has 0 aliphatic rings. The van der Waals surface area contributed by atoms with Gasteiger partial charge in [-0.1, -0.05) is 91.0 Å². The summed E-state index contributed by atoms with van der Waals surface area (Å²) in [5.41, 5.74) is 2.72. The van der Waals surface area contributed by atoms with Gasteiger partial charge in [-0.2, -0.15) is 26.3 Å². The van der Waals surface area contributed by atoms with Crippen LogP contribution >= 0.6 is 11.3 Å². The smallest absolute Gasteiger partial charge is 0.309 e. The van der Waals surface area contributed by atoms with Crippen LogP contribution in [0.2, 0.25) is 0 Å². The van der Waals surface area contributed by atoms with Gasteiger partial charge < -0.3 is 4.57 Å². The third-order valence-corrected chi connectivity index (χ3v) is 11.5. The Bertz CT molecular complexity index is 3080. The van der Waals surface area contributed by atoms with Gasteiger partial charge >= 0.3 is 12.4 Å². The van der Waals surface area contributed by atoms with Crippen LogP contribution in [0.4, 0.5) is 26.3 Å². The van der Waals surface area contributed by atoms with Gasteiger partial charge in [0, 0.05) is 47.6 Å². The highest BCUT2D eigenvalue weighted by atomic mass is 32.1. The second-order valence-corrected chi connectivity index (χ2v) is 15.0. The van der Waals surface area contributed by atoms with Gasteiger partial charge in [0.15, 0.2) is 17.5 Å². The van der Waals surface area contributed by atoms with Crippen molar-refractivity contribution >= 4 is 53.3 Å². The van der Waals surface area contributed by atoms with Crippen molar-refractivity contribution in [1.29, 1.82) is 0 Å². The van der Waals surface area contributed by atoms with Crippen molar-refractivity contribution in [3.8, 4) is 51.0 Å². The molecule has 11 heteroatoms. The summed E-state index contributed by atoms with van der Waals surface area (Å²) < 4.78 is 88.7. The minimum absolute atomic E-state index is 0.0198.